The molecule has 3 fully saturated rings. The van der Waals surface area contributed by atoms with Crippen LogP contribution in [0.25, 0.3) is 0 Å². The van der Waals surface area contributed by atoms with E-state index in [1.54, 1.807) is 5.57 Å². The number of hydrogen-bond acceptors (Lipinski definition) is 4. The molecule has 0 bridgehead atoms. The van der Waals surface area contributed by atoms with E-state index >= 15 is 0 Å². The Balaban J connectivity index is 1.36. The third-order valence-corrected chi connectivity index (χ3v) is 11.3. The van der Waals surface area contributed by atoms with Crippen molar-refractivity contribution in [2.45, 2.75) is 104 Å². The fraction of sp³-hybridized carbons (Fsp3) is 0.929. The minimum absolute atomic E-state index is 0.118. The van der Waals surface area contributed by atoms with Crippen LogP contribution in [0.4, 0.5) is 0 Å². The lowest BCUT2D eigenvalue weighted by molar-refractivity contribution is -0.0573. The Hall–Kier alpha value is -0.390. The highest BCUT2D eigenvalue weighted by Crippen LogP contribution is 2.67. The van der Waals surface area contributed by atoms with Gasteiger partial charge in [-0.3, -0.25) is 4.18 Å². The second-order valence-electron chi connectivity index (χ2n) is 12.9. The molecule has 4 aliphatic rings. The Morgan fingerprint density at radius 3 is 2.58 bits per heavy atom. The fourth-order valence-electron chi connectivity index (χ4n) is 8.93. The Kier molecular flexibility index (Phi) is 7.46. The zero-order valence-electron chi connectivity index (χ0n) is 21.7. The fourth-order valence-corrected chi connectivity index (χ4v) is 9.41. The second kappa shape index (κ2) is 9.58. The summed E-state index contributed by atoms with van der Waals surface area (Å²) in [7, 11) is -3.34. The van der Waals surface area contributed by atoms with Gasteiger partial charge in [0.2, 0.25) is 0 Å². The Bertz CT molecular complexity index is 835. The van der Waals surface area contributed by atoms with Gasteiger partial charge in [-0.1, -0.05) is 52.2 Å². The molecule has 0 spiro atoms. The molecule has 33 heavy (non-hydrogen) atoms. The molecule has 0 aromatic carbocycles. The van der Waals surface area contributed by atoms with Gasteiger partial charge in [-0.25, -0.2) is 0 Å². The van der Waals surface area contributed by atoms with Crippen LogP contribution in [0.5, 0.6) is 0 Å². The molecule has 0 saturated heterocycles. The molecule has 190 valence electrons. The first kappa shape index (κ1) is 25.7. The van der Waals surface area contributed by atoms with Gasteiger partial charge in [0.05, 0.1) is 19.0 Å². The molecule has 0 aromatic heterocycles. The minimum atomic E-state index is -3.34. The molecule has 0 radical (unpaired) electrons. The van der Waals surface area contributed by atoms with Crippen LogP contribution >= 0.6 is 0 Å². The standard InChI is InChI=1S/C28H48O4S/c1-19(18-32-33(5,30)31)7-6-8-20(2)24-11-12-25-23-10-9-21-17-22(29)13-15-27(21,3)26(23)14-16-28(24,25)4/h9,19-20,22-26,29H,6-8,10-18H2,1-5H3/t19?,20-,22?,23?,24?,25?,26?,27?,28?/m1/s1. The first-order valence-corrected chi connectivity index (χ1v) is 15.5. The average Bonchev–Trinajstić information content (AvgIpc) is 3.09. The summed E-state index contributed by atoms with van der Waals surface area (Å²) in [5, 5.41) is 10.2. The van der Waals surface area contributed by atoms with E-state index in [0.29, 0.717) is 17.4 Å². The second-order valence-corrected chi connectivity index (χ2v) is 14.5. The van der Waals surface area contributed by atoms with E-state index in [0.717, 1.165) is 61.5 Å². The smallest absolute Gasteiger partial charge is 0.264 e. The summed E-state index contributed by atoms with van der Waals surface area (Å²) in [5.41, 5.74) is 2.38. The van der Waals surface area contributed by atoms with Crippen molar-refractivity contribution >= 4 is 10.1 Å². The molecule has 5 heteroatoms. The highest BCUT2D eigenvalue weighted by atomic mass is 32.2. The monoisotopic (exact) mass is 480 g/mol. The van der Waals surface area contributed by atoms with Crippen molar-refractivity contribution in [1.29, 1.82) is 0 Å². The molecule has 1 N–H and O–H groups in total. The number of allylic oxidation sites excluding steroid dienone is 1. The van der Waals surface area contributed by atoms with Crippen molar-refractivity contribution in [2.24, 2.45) is 46.3 Å². The maximum absolute atomic E-state index is 11.2. The minimum Gasteiger partial charge on any atom is -0.393 e. The van der Waals surface area contributed by atoms with Crippen LogP contribution in [0.2, 0.25) is 0 Å². The predicted molar refractivity (Wildman–Crippen MR) is 134 cm³/mol. The number of rotatable bonds is 8. The number of aliphatic hydroxyl groups excluding tert-OH is 1. The van der Waals surface area contributed by atoms with Crippen LogP contribution in [0, 0.1) is 46.3 Å². The van der Waals surface area contributed by atoms with Crippen LogP contribution in [-0.2, 0) is 14.3 Å². The van der Waals surface area contributed by atoms with Crippen LogP contribution in [0.1, 0.15) is 98.3 Å². The van der Waals surface area contributed by atoms with Crippen LogP contribution in [-0.4, -0.2) is 32.5 Å². The van der Waals surface area contributed by atoms with E-state index in [1.807, 2.05) is 0 Å². The van der Waals surface area contributed by atoms with Gasteiger partial charge in [-0.2, -0.15) is 8.42 Å². The van der Waals surface area contributed by atoms with Crippen molar-refractivity contribution < 1.29 is 17.7 Å². The van der Waals surface area contributed by atoms with Crippen molar-refractivity contribution in [1.82, 2.24) is 0 Å². The van der Waals surface area contributed by atoms with Crippen LogP contribution in [0.3, 0.4) is 0 Å². The summed E-state index contributed by atoms with van der Waals surface area (Å²) >= 11 is 0. The van der Waals surface area contributed by atoms with Crippen LogP contribution < -0.4 is 0 Å². The predicted octanol–water partition coefficient (Wildman–Crippen LogP) is 6.35. The first-order chi connectivity index (χ1) is 15.4. The molecule has 0 heterocycles. The molecular weight excluding hydrogens is 432 g/mol. The maximum Gasteiger partial charge on any atom is 0.264 e. The highest BCUT2D eigenvalue weighted by Gasteiger charge is 2.59. The SMILES string of the molecule is CC(CCC[C@@H](C)C1CCC2C3CC=C4CC(O)CCC4(C)C3CCC21C)COS(C)(=O)=O. The first-order valence-electron chi connectivity index (χ1n) is 13.7. The maximum atomic E-state index is 11.2. The highest BCUT2D eigenvalue weighted by molar-refractivity contribution is 7.85. The summed E-state index contributed by atoms with van der Waals surface area (Å²) in [6.07, 6.45) is 16.8. The lowest BCUT2D eigenvalue weighted by atomic mass is 9.47. The van der Waals surface area contributed by atoms with Gasteiger partial charge in [0.1, 0.15) is 0 Å². The molecule has 4 rings (SSSR count). The van der Waals surface area contributed by atoms with Gasteiger partial charge < -0.3 is 5.11 Å². The quantitative estimate of drug-likeness (QED) is 0.325. The third-order valence-electron chi connectivity index (χ3n) is 10.8. The molecule has 4 aliphatic carbocycles. The Morgan fingerprint density at radius 1 is 1.09 bits per heavy atom. The largest absolute Gasteiger partial charge is 0.393 e. The van der Waals surface area contributed by atoms with E-state index in [-0.39, 0.29) is 12.0 Å². The normalized spacial score (nSPS) is 42.6. The van der Waals surface area contributed by atoms with E-state index in [2.05, 4.69) is 33.8 Å². The molecule has 0 aromatic rings. The van der Waals surface area contributed by atoms with Gasteiger partial charge in [0.25, 0.3) is 10.1 Å². The lowest BCUT2D eigenvalue weighted by Gasteiger charge is -2.58. The Labute approximate surface area is 203 Å². The zero-order chi connectivity index (χ0) is 24.0. The zero-order valence-corrected chi connectivity index (χ0v) is 22.5. The molecule has 8 unspecified atom stereocenters. The number of fused-ring (bicyclic) bond motifs is 5. The van der Waals surface area contributed by atoms with Gasteiger partial charge >= 0.3 is 0 Å². The number of aliphatic hydroxyl groups is 1. The third kappa shape index (κ3) is 5.11. The van der Waals surface area contributed by atoms with Crippen molar-refractivity contribution in [3.63, 3.8) is 0 Å². The number of hydrogen-bond donors (Lipinski definition) is 1. The summed E-state index contributed by atoms with van der Waals surface area (Å²) in [4.78, 5) is 0. The summed E-state index contributed by atoms with van der Waals surface area (Å²) in [6.45, 7) is 10.0. The topological polar surface area (TPSA) is 63.6 Å². The molecular formula is C28H48O4S. The van der Waals surface area contributed by atoms with Gasteiger partial charge in [-0.15, -0.1) is 0 Å². The molecule has 0 aliphatic heterocycles. The molecule has 3 saturated carbocycles. The van der Waals surface area contributed by atoms with Crippen LogP contribution in [0.15, 0.2) is 11.6 Å². The van der Waals surface area contributed by atoms with E-state index in [4.69, 9.17) is 4.18 Å². The Morgan fingerprint density at radius 2 is 1.85 bits per heavy atom. The molecule has 0 amide bonds. The van der Waals surface area contributed by atoms with Crippen molar-refractivity contribution in [3.05, 3.63) is 11.6 Å². The van der Waals surface area contributed by atoms with Gasteiger partial charge in [0.15, 0.2) is 0 Å². The van der Waals surface area contributed by atoms with Crippen molar-refractivity contribution in [2.75, 3.05) is 12.9 Å². The summed E-state index contributed by atoms with van der Waals surface area (Å²) in [6, 6.07) is 0. The van der Waals surface area contributed by atoms with E-state index in [9.17, 15) is 13.5 Å². The lowest BCUT2D eigenvalue weighted by Crippen LogP contribution is -2.50. The summed E-state index contributed by atoms with van der Waals surface area (Å²) in [5.74, 6) is 4.33. The van der Waals surface area contributed by atoms with Gasteiger partial charge in [-0.05, 0) is 104 Å². The molecule has 4 nitrogen and oxygen atoms in total. The van der Waals surface area contributed by atoms with Gasteiger partial charge in [0, 0.05) is 0 Å². The average molecular weight is 481 g/mol. The van der Waals surface area contributed by atoms with E-state index < -0.39 is 10.1 Å². The van der Waals surface area contributed by atoms with E-state index in [1.165, 1.54) is 44.9 Å². The van der Waals surface area contributed by atoms with Crippen molar-refractivity contribution in [3.8, 4) is 0 Å². The molecule has 9 atom stereocenters. The summed E-state index contributed by atoms with van der Waals surface area (Å²) < 4.78 is 27.5.